The average molecular weight is 387 g/mol. The Bertz CT molecular complexity index is 769. The molecule has 154 valence electrons. The Morgan fingerprint density at radius 2 is 1.39 bits per heavy atom. The van der Waals surface area contributed by atoms with Gasteiger partial charge in [0.1, 0.15) is 23.0 Å². The largest absolute Gasteiger partial charge is 0.508 e. The first kappa shape index (κ1) is 21.9. The van der Waals surface area contributed by atoms with Crippen molar-refractivity contribution in [2.75, 3.05) is 13.7 Å². The highest BCUT2D eigenvalue weighted by Gasteiger charge is 2.19. The van der Waals surface area contributed by atoms with Crippen molar-refractivity contribution >= 4 is 0 Å². The lowest BCUT2D eigenvalue weighted by atomic mass is 9.86. The van der Waals surface area contributed by atoms with E-state index in [0.717, 1.165) is 17.5 Å². The van der Waals surface area contributed by atoms with Gasteiger partial charge in [0, 0.05) is 12.1 Å². The molecular weight excluding hydrogens is 352 g/mol. The van der Waals surface area contributed by atoms with Gasteiger partial charge in [-0.2, -0.15) is 0 Å². The zero-order valence-corrected chi connectivity index (χ0v) is 17.9. The van der Waals surface area contributed by atoms with Crippen LogP contribution in [-0.4, -0.2) is 23.9 Å². The van der Waals surface area contributed by atoms with Crippen LogP contribution in [0.5, 0.6) is 23.0 Å². The molecule has 0 aromatic heterocycles. The summed E-state index contributed by atoms with van der Waals surface area (Å²) in [6.07, 6.45) is 1.02. The van der Waals surface area contributed by atoms with Crippen LogP contribution < -0.4 is 9.47 Å². The van der Waals surface area contributed by atoms with Gasteiger partial charge >= 0.3 is 0 Å². The number of aromatic hydroxyl groups is 2. The second-order valence-electron chi connectivity index (χ2n) is 8.06. The number of phenols is 2. The molecule has 0 spiro atoms. The predicted molar refractivity (Wildman–Crippen MR) is 114 cm³/mol. The van der Waals surface area contributed by atoms with Crippen LogP contribution in [0.1, 0.15) is 64.0 Å². The lowest BCUT2D eigenvalue weighted by molar-refractivity contribution is 0.240. The third-order valence-corrected chi connectivity index (χ3v) is 5.63. The minimum Gasteiger partial charge on any atom is -0.508 e. The molecular formula is C24H34O4. The van der Waals surface area contributed by atoms with E-state index in [1.165, 1.54) is 0 Å². The molecule has 0 saturated carbocycles. The molecule has 2 aromatic rings. The van der Waals surface area contributed by atoms with Crippen LogP contribution in [0, 0.1) is 11.8 Å². The summed E-state index contributed by atoms with van der Waals surface area (Å²) in [5, 5.41) is 20.0. The summed E-state index contributed by atoms with van der Waals surface area (Å²) < 4.78 is 11.3. The van der Waals surface area contributed by atoms with Crippen molar-refractivity contribution in [2.24, 2.45) is 11.8 Å². The third-order valence-electron chi connectivity index (χ3n) is 5.63. The fraction of sp³-hybridized carbons (Fsp3) is 0.500. The second kappa shape index (κ2) is 9.72. The lowest BCUT2D eigenvalue weighted by Gasteiger charge is -2.23. The molecule has 0 saturated heterocycles. The van der Waals surface area contributed by atoms with Crippen molar-refractivity contribution in [2.45, 2.75) is 52.9 Å². The first-order chi connectivity index (χ1) is 13.2. The Hall–Kier alpha value is -2.36. The Labute approximate surface area is 169 Å². The van der Waals surface area contributed by atoms with Crippen molar-refractivity contribution in [3.63, 3.8) is 0 Å². The van der Waals surface area contributed by atoms with Gasteiger partial charge in [-0.05, 0) is 65.5 Å². The Morgan fingerprint density at radius 3 is 1.96 bits per heavy atom. The van der Waals surface area contributed by atoms with Gasteiger partial charge in [-0.3, -0.25) is 0 Å². The second-order valence-corrected chi connectivity index (χ2v) is 8.06. The average Bonchev–Trinajstić information content (AvgIpc) is 2.64. The zero-order chi connectivity index (χ0) is 20.8. The lowest BCUT2D eigenvalue weighted by Crippen LogP contribution is -2.15. The van der Waals surface area contributed by atoms with Crippen molar-refractivity contribution in [3.8, 4) is 23.0 Å². The summed E-state index contributed by atoms with van der Waals surface area (Å²) in [5.74, 6) is 3.07. The van der Waals surface area contributed by atoms with Crippen molar-refractivity contribution in [1.82, 2.24) is 0 Å². The highest BCUT2D eigenvalue weighted by molar-refractivity contribution is 5.40. The van der Waals surface area contributed by atoms with Crippen molar-refractivity contribution in [1.29, 1.82) is 0 Å². The van der Waals surface area contributed by atoms with Crippen LogP contribution in [-0.2, 0) is 0 Å². The van der Waals surface area contributed by atoms with Crippen LogP contribution in [0.4, 0.5) is 0 Å². The molecule has 0 fully saturated rings. The van der Waals surface area contributed by atoms with E-state index in [2.05, 4.69) is 34.6 Å². The summed E-state index contributed by atoms with van der Waals surface area (Å²) in [6, 6.07) is 10.9. The van der Waals surface area contributed by atoms with Crippen molar-refractivity contribution in [3.05, 3.63) is 47.5 Å². The Balaban J connectivity index is 2.11. The summed E-state index contributed by atoms with van der Waals surface area (Å²) >= 11 is 0. The molecule has 4 nitrogen and oxygen atoms in total. The van der Waals surface area contributed by atoms with Gasteiger partial charge < -0.3 is 19.7 Å². The molecule has 2 rings (SSSR count). The van der Waals surface area contributed by atoms with E-state index in [1.54, 1.807) is 25.3 Å². The van der Waals surface area contributed by atoms with Crippen molar-refractivity contribution < 1.29 is 19.7 Å². The normalized spacial score (nSPS) is 14.5. The first-order valence-corrected chi connectivity index (χ1v) is 10.1. The molecule has 2 aromatic carbocycles. The Kier molecular flexibility index (Phi) is 7.61. The van der Waals surface area contributed by atoms with E-state index in [0.29, 0.717) is 29.9 Å². The quantitative estimate of drug-likeness (QED) is 0.549. The number of phenolic OH excluding ortho intramolecular Hbond substituents is 2. The fourth-order valence-corrected chi connectivity index (χ4v) is 3.68. The van der Waals surface area contributed by atoms with Crippen LogP contribution in [0.2, 0.25) is 0 Å². The minimum absolute atomic E-state index is 0.178. The molecule has 3 atom stereocenters. The van der Waals surface area contributed by atoms with Crippen LogP contribution in [0.15, 0.2) is 36.4 Å². The SMILES string of the molecule is CCC(c1cc(O)cc(OCC(C)C(C)c2cc(O)cc(OC)c2)c1)C(C)C. The van der Waals surface area contributed by atoms with Gasteiger partial charge in [-0.1, -0.05) is 34.6 Å². The maximum Gasteiger partial charge on any atom is 0.123 e. The summed E-state index contributed by atoms with van der Waals surface area (Å²) in [5.41, 5.74) is 2.13. The number of benzene rings is 2. The fourth-order valence-electron chi connectivity index (χ4n) is 3.68. The topological polar surface area (TPSA) is 58.9 Å². The van der Waals surface area contributed by atoms with Gasteiger partial charge in [0.25, 0.3) is 0 Å². The van der Waals surface area contributed by atoms with Gasteiger partial charge in [-0.25, -0.2) is 0 Å². The highest BCUT2D eigenvalue weighted by atomic mass is 16.5. The van der Waals surface area contributed by atoms with E-state index in [9.17, 15) is 10.2 Å². The van der Waals surface area contributed by atoms with Gasteiger partial charge in [0.05, 0.1) is 13.7 Å². The molecule has 4 heteroatoms. The molecule has 2 N–H and O–H groups in total. The Morgan fingerprint density at radius 1 is 0.821 bits per heavy atom. The van der Waals surface area contributed by atoms with Crippen LogP contribution in [0.3, 0.4) is 0 Å². The molecule has 0 aliphatic rings. The van der Waals surface area contributed by atoms with E-state index in [-0.39, 0.29) is 23.3 Å². The van der Waals surface area contributed by atoms with Crippen LogP contribution >= 0.6 is 0 Å². The maximum absolute atomic E-state index is 10.1. The smallest absolute Gasteiger partial charge is 0.123 e. The number of rotatable bonds is 9. The molecule has 28 heavy (non-hydrogen) atoms. The standard InChI is InChI=1S/C24H34O4/c1-7-24(15(2)3)19-9-21(26)13-23(11-19)28-14-16(4)17(5)18-8-20(25)12-22(10-18)27-6/h8-13,15-17,24-26H,7,14H2,1-6H3. The first-order valence-electron chi connectivity index (χ1n) is 10.1. The minimum atomic E-state index is 0.178. The number of hydrogen-bond donors (Lipinski definition) is 2. The van der Waals surface area contributed by atoms with E-state index >= 15 is 0 Å². The third kappa shape index (κ3) is 5.57. The predicted octanol–water partition coefficient (Wildman–Crippen LogP) is 6.07. The molecule has 0 radical (unpaired) electrons. The van der Waals surface area contributed by atoms with E-state index < -0.39 is 0 Å². The monoisotopic (exact) mass is 386 g/mol. The zero-order valence-electron chi connectivity index (χ0n) is 17.9. The summed E-state index contributed by atoms with van der Waals surface area (Å²) in [4.78, 5) is 0. The molecule has 0 aliphatic heterocycles. The van der Waals surface area contributed by atoms with E-state index in [1.807, 2.05) is 18.2 Å². The number of ether oxygens (including phenoxy) is 2. The van der Waals surface area contributed by atoms with Gasteiger partial charge in [-0.15, -0.1) is 0 Å². The number of methoxy groups -OCH3 is 1. The van der Waals surface area contributed by atoms with Crippen LogP contribution in [0.25, 0.3) is 0 Å². The van der Waals surface area contributed by atoms with E-state index in [4.69, 9.17) is 9.47 Å². The molecule has 0 aliphatic carbocycles. The molecule has 0 heterocycles. The summed E-state index contributed by atoms with van der Waals surface area (Å²) in [7, 11) is 1.59. The highest BCUT2D eigenvalue weighted by Crippen LogP contribution is 2.34. The molecule has 0 amide bonds. The maximum atomic E-state index is 10.1. The molecule has 3 unspecified atom stereocenters. The molecule has 0 bridgehead atoms. The van der Waals surface area contributed by atoms with Gasteiger partial charge in [0.15, 0.2) is 0 Å². The number of hydrogen-bond acceptors (Lipinski definition) is 4. The van der Waals surface area contributed by atoms with Gasteiger partial charge in [0.2, 0.25) is 0 Å². The summed E-state index contributed by atoms with van der Waals surface area (Å²) in [6.45, 7) is 11.3.